The molecule has 0 unspecified atom stereocenters. The number of benzene rings is 1. The molecule has 0 radical (unpaired) electrons. The van der Waals surface area contributed by atoms with Crippen molar-refractivity contribution in [2.45, 2.75) is 50.0 Å². The molecule has 0 amide bonds. The molecule has 0 spiro atoms. The normalized spacial score (nSPS) is 16.7. The second-order valence-corrected chi connectivity index (χ2v) is 6.78. The molecule has 0 aromatic heterocycles. The highest BCUT2D eigenvalue weighted by atomic mass is 32.2. The number of nitrogens with one attached hydrogen (secondary N) is 1. The summed E-state index contributed by atoms with van der Waals surface area (Å²) in [4.78, 5) is 11.2. The van der Waals surface area contributed by atoms with Crippen molar-refractivity contribution in [2.24, 2.45) is 0 Å². The van der Waals surface area contributed by atoms with Crippen LogP contribution in [0.2, 0.25) is 0 Å². The van der Waals surface area contributed by atoms with Gasteiger partial charge in [-0.3, -0.25) is 9.35 Å². The highest BCUT2D eigenvalue weighted by Crippen LogP contribution is 2.34. The SMILES string of the molecule is CC(=O)c1ccc(N)c(NC2CCCCC2)c1S(=O)(=O)O. The van der Waals surface area contributed by atoms with E-state index in [1.807, 2.05) is 0 Å². The van der Waals surface area contributed by atoms with E-state index < -0.39 is 20.8 Å². The molecule has 0 heterocycles. The quantitative estimate of drug-likeness (QED) is 0.447. The molecule has 1 aliphatic carbocycles. The number of hydrogen-bond donors (Lipinski definition) is 3. The Morgan fingerprint density at radius 1 is 1.29 bits per heavy atom. The number of nitrogen functional groups attached to an aromatic ring is 1. The van der Waals surface area contributed by atoms with Crippen LogP contribution in [0.15, 0.2) is 17.0 Å². The lowest BCUT2D eigenvalue weighted by atomic mass is 9.95. The highest BCUT2D eigenvalue weighted by molar-refractivity contribution is 7.86. The molecule has 0 bridgehead atoms. The zero-order chi connectivity index (χ0) is 15.6. The van der Waals surface area contributed by atoms with Crippen LogP contribution in [0.5, 0.6) is 0 Å². The fourth-order valence-electron chi connectivity index (χ4n) is 2.74. The molecule has 7 heteroatoms. The van der Waals surface area contributed by atoms with Gasteiger partial charge >= 0.3 is 0 Å². The van der Waals surface area contributed by atoms with Gasteiger partial charge in [-0.25, -0.2) is 0 Å². The monoisotopic (exact) mass is 312 g/mol. The maximum Gasteiger partial charge on any atom is 0.297 e. The van der Waals surface area contributed by atoms with Crippen molar-refractivity contribution in [1.82, 2.24) is 0 Å². The number of carbonyl (C=O) groups is 1. The topological polar surface area (TPSA) is 109 Å². The maximum absolute atomic E-state index is 11.7. The molecule has 0 aliphatic heterocycles. The van der Waals surface area contributed by atoms with E-state index in [0.717, 1.165) is 32.1 Å². The summed E-state index contributed by atoms with van der Waals surface area (Å²) in [6.07, 6.45) is 5.10. The molecule has 1 aliphatic rings. The average molecular weight is 312 g/mol. The molecule has 0 saturated heterocycles. The van der Waals surface area contributed by atoms with E-state index in [-0.39, 0.29) is 23.0 Å². The van der Waals surface area contributed by atoms with Gasteiger partial charge in [0.1, 0.15) is 4.90 Å². The van der Waals surface area contributed by atoms with Gasteiger partial charge in [-0.2, -0.15) is 8.42 Å². The third-order valence-electron chi connectivity index (χ3n) is 3.78. The molecule has 0 atom stereocenters. The van der Waals surface area contributed by atoms with E-state index in [1.54, 1.807) is 0 Å². The largest absolute Gasteiger partial charge is 0.397 e. The smallest absolute Gasteiger partial charge is 0.297 e. The first-order valence-electron chi connectivity index (χ1n) is 6.98. The molecular formula is C14H20N2O4S. The summed E-state index contributed by atoms with van der Waals surface area (Å²) >= 11 is 0. The second kappa shape index (κ2) is 6.03. The minimum Gasteiger partial charge on any atom is -0.397 e. The van der Waals surface area contributed by atoms with Crippen molar-refractivity contribution in [1.29, 1.82) is 0 Å². The van der Waals surface area contributed by atoms with Crippen LogP contribution in [0.4, 0.5) is 11.4 Å². The van der Waals surface area contributed by atoms with Gasteiger partial charge in [-0.1, -0.05) is 19.3 Å². The van der Waals surface area contributed by atoms with E-state index in [4.69, 9.17) is 5.73 Å². The number of carbonyl (C=O) groups excluding carboxylic acids is 1. The Kier molecular flexibility index (Phi) is 4.53. The predicted octanol–water partition coefficient (Wildman–Crippen LogP) is 2.46. The van der Waals surface area contributed by atoms with Crippen LogP contribution in [0.1, 0.15) is 49.4 Å². The predicted molar refractivity (Wildman–Crippen MR) is 81.2 cm³/mol. The first kappa shape index (κ1) is 15.8. The number of nitrogens with two attached hydrogens (primary N) is 1. The van der Waals surface area contributed by atoms with Gasteiger partial charge in [-0.15, -0.1) is 0 Å². The molecular weight excluding hydrogens is 292 g/mol. The van der Waals surface area contributed by atoms with Gasteiger partial charge in [-0.05, 0) is 31.9 Å². The van der Waals surface area contributed by atoms with Crippen LogP contribution < -0.4 is 11.1 Å². The minimum atomic E-state index is -4.55. The Labute approximate surface area is 124 Å². The lowest BCUT2D eigenvalue weighted by Crippen LogP contribution is -2.25. The van der Waals surface area contributed by atoms with Crippen LogP contribution in [-0.2, 0) is 10.1 Å². The molecule has 1 aromatic carbocycles. The molecule has 1 fully saturated rings. The van der Waals surface area contributed by atoms with Crippen molar-refractivity contribution in [3.63, 3.8) is 0 Å². The van der Waals surface area contributed by atoms with Gasteiger partial charge in [0.05, 0.1) is 11.4 Å². The maximum atomic E-state index is 11.7. The number of ketones is 1. The molecule has 6 nitrogen and oxygen atoms in total. The van der Waals surface area contributed by atoms with E-state index in [1.165, 1.54) is 19.1 Å². The van der Waals surface area contributed by atoms with Gasteiger partial charge in [0.2, 0.25) is 0 Å². The Hall–Kier alpha value is -1.60. The number of hydrogen-bond acceptors (Lipinski definition) is 5. The van der Waals surface area contributed by atoms with E-state index >= 15 is 0 Å². The van der Waals surface area contributed by atoms with Gasteiger partial charge < -0.3 is 11.1 Å². The summed E-state index contributed by atoms with van der Waals surface area (Å²) in [5.41, 5.74) is 6.15. The minimum absolute atomic E-state index is 0.0509. The van der Waals surface area contributed by atoms with Crippen molar-refractivity contribution >= 4 is 27.3 Å². The zero-order valence-corrected chi connectivity index (χ0v) is 12.7. The Bertz CT molecular complexity index is 649. The average Bonchev–Trinajstić information content (AvgIpc) is 2.40. The summed E-state index contributed by atoms with van der Waals surface area (Å²) in [7, 11) is -4.55. The fourth-order valence-corrected chi connectivity index (χ4v) is 3.67. The molecule has 1 aromatic rings. The van der Waals surface area contributed by atoms with Gasteiger partial charge in [0.25, 0.3) is 10.1 Å². The molecule has 1 saturated carbocycles. The van der Waals surface area contributed by atoms with Crippen LogP contribution in [0, 0.1) is 0 Å². The molecule has 2 rings (SSSR count). The molecule has 116 valence electrons. The van der Waals surface area contributed by atoms with Gasteiger partial charge in [0.15, 0.2) is 5.78 Å². The number of Topliss-reactive ketones (excluding diaryl/α,β-unsaturated/α-hetero) is 1. The van der Waals surface area contributed by atoms with Crippen LogP contribution in [0.3, 0.4) is 0 Å². The summed E-state index contributed by atoms with van der Waals surface area (Å²) in [5, 5.41) is 3.10. The van der Waals surface area contributed by atoms with Crippen molar-refractivity contribution in [3.8, 4) is 0 Å². The standard InChI is InChI=1S/C14H20N2O4S/c1-9(17)11-7-8-12(15)13(14(11)21(18,19)20)16-10-5-3-2-4-6-10/h7-8,10,16H,2-6,15H2,1H3,(H,18,19,20). The number of anilines is 2. The molecule has 4 N–H and O–H groups in total. The summed E-state index contributed by atoms with van der Waals surface area (Å²) in [6, 6.07) is 2.91. The lowest BCUT2D eigenvalue weighted by Gasteiger charge is -2.26. The second-order valence-electron chi connectivity index (χ2n) is 5.42. The van der Waals surface area contributed by atoms with Crippen molar-refractivity contribution in [3.05, 3.63) is 17.7 Å². The Morgan fingerprint density at radius 2 is 1.90 bits per heavy atom. The van der Waals surface area contributed by atoms with Crippen molar-refractivity contribution in [2.75, 3.05) is 11.1 Å². The van der Waals surface area contributed by atoms with E-state index in [2.05, 4.69) is 5.32 Å². The first-order valence-corrected chi connectivity index (χ1v) is 8.42. The summed E-state index contributed by atoms with van der Waals surface area (Å²) in [6.45, 7) is 1.25. The fraction of sp³-hybridized carbons (Fsp3) is 0.500. The lowest BCUT2D eigenvalue weighted by molar-refractivity contribution is 0.101. The molecule has 21 heavy (non-hydrogen) atoms. The van der Waals surface area contributed by atoms with E-state index in [0.29, 0.717) is 0 Å². The van der Waals surface area contributed by atoms with Crippen LogP contribution in [-0.4, -0.2) is 24.8 Å². The third kappa shape index (κ3) is 3.54. The Morgan fingerprint density at radius 3 is 2.43 bits per heavy atom. The van der Waals surface area contributed by atoms with Crippen molar-refractivity contribution < 1.29 is 17.8 Å². The van der Waals surface area contributed by atoms with Crippen LogP contribution >= 0.6 is 0 Å². The summed E-state index contributed by atoms with van der Waals surface area (Å²) in [5.74, 6) is -0.436. The first-order chi connectivity index (χ1) is 9.80. The number of rotatable bonds is 4. The third-order valence-corrected chi connectivity index (χ3v) is 4.72. The zero-order valence-electron chi connectivity index (χ0n) is 11.9. The van der Waals surface area contributed by atoms with Gasteiger partial charge in [0, 0.05) is 11.6 Å². The van der Waals surface area contributed by atoms with Crippen LogP contribution in [0.25, 0.3) is 0 Å². The Balaban J connectivity index is 2.52. The highest BCUT2D eigenvalue weighted by Gasteiger charge is 2.26. The summed E-state index contributed by atoms with van der Waals surface area (Å²) < 4.78 is 32.8. The van der Waals surface area contributed by atoms with E-state index in [9.17, 15) is 17.8 Å².